The van der Waals surface area contributed by atoms with E-state index >= 15 is 0 Å². The van der Waals surface area contributed by atoms with Gasteiger partial charge in [0.05, 0.1) is 0 Å². The van der Waals surface area contributed by atoms with E-state index in [9.17, 15) is 9.50 Å². The van der Waals surface area contributed by atoms with Crippen LogP contribution in [0.15, 0.2) is 24.3 Å². The van der Waals surface area contributed by atoms with Crippen molar-refractivity contribution in [3.63, 3.8) is 0 Å². The van der Waals surface area contributed by atoms with Crippen LogP contribution >= 0.6 is 0 Å². The summed E-state index contributed by atoms with van der Waals surface area (Å²) in [4.78, 5) is 0. The van der Waals surface area contributed by atoms with E-state index in [2.05, 4.69) is 12.2 Å². The smallest absolute Gasteiger partial charge is 0.123 e. The highest BCUT2D eigenvalue weighted by Crippen LogP contribution is 2.32. The molecule has 1 aliphatic rings. The van der Waals surface area contributed by atoms with Gasteiger partial charge in [0.15, 0.2) is 0 Å². The molecule has 1 aliphatic carbocycles. The first-order chi connectivity index (χ1) is 8.69. The molecule has 1 saturated carbocycles. The van der Waals surface area contributed by atoms with Crippen molar-refractivity contribution < 1.29 is 14.2 Å². The molecule has 3 nitrogen and oxygen atoms in total. The molecule has 1 fully saturated rings. The molecular weight excluding hydrogens is 233 g/mol. The summed E-state index contributed by atoms with van der Waals surface area (Å²) < 4.78 is 18.0. The molecule has 0 aromatic heterocycles. The second-order valence-corrected chi connectivity index (χ2v) is 4.84. The molecular formula is C14H20FNO2. The normalized spacial score (nSPS) is 23.7. The Balaban J connectivity index is 1.62. The van der Waals surface area contributed by atoms with Gasteiger partial charge in [0.1, 0.15) is 24.3 Å². The van der Waals surface area contributed by atoms with E-state index in [1.54, 1.807) is 12.1 Å². The highest BCUT2D eigenvalue weighted by atomic mass is 19.1. The molecule has 0 radical (unpaired) electrons. The van der Waals surface area contributed by atoms with Crippen LogP contribution in [-0.2, 0) is 0 Å². The third kappa shape index (κ3) is 3.96. The van der Waals surface area contributed by atoms with E-state index in [-0.39, 0.29) is 12.4 Å². The second kappa shape index (κ2) is 6.16. The first kappa shape index (κ1) is 13.3. The minimum absolute atomic E-state index is 0.224. The summed E-state index contributed by atoms with van der Waals surface area (Å²) in [5.74, 6) is 1.06. The van der Waals surface area contributed by atoms with Gasteiger partial charge >= 0.3 is 0 Å². The van der Waals surface area contributed by atoms with Crippen LogP contribution in [0.5, 0.6) is 5.75 Å². The number of hydrogen-bond donors (Lipinski definition) is 2. The average Bonchev–Trinajstić information content (AvgIpc) is 3.14. The zero-order valence-electron chi connectivity index (χ0n) is 10.6. The number of aliphatic hydroxyl groups excluding tert-OH is 1. The predicted octanol–water partition coefficient (Wildman–Crippen LogP) is 1.95. The maximum Gasteiger partial charge on any atom is 0.123 e. The van der Waals surface area contributed by atoms with E-state index in [1.165, 1.54) is 25.0 Å². The minimum Gasteiger partial charge on any atom is -0.491 e. The van der Waals surface area contributed by atoms with Gasteiger partial charge in [0.25, 0.3) is 0 Å². The van der Waals surface area contributed by atoms with Gasteiger partial charge in [0, 0.05) is 12.6 Å². The number of hydrogen-bond acceptors (Lipinski definition) is 3. The fourth-order valence-electron chi connectivity index (χ4n) is 2.02. The summed E-state index contributed by atoms with van der Waals surface area (Å²) in [7, 11) is 0. The quantitative estimate of drug-likeness (QED) is 0.780. The highest BCUT2D eigenvalue weighted by Gasteiger charge is 2.34. The van der Waals surface area contributed by atoms with E-state index in [4.69, 9.17) is 4.74 Å². The Bertz CT molecular complexity index is 369. The van der Waals surface area contributed by atoms with Gasteiger partial charge in [0.2, 0.25) is 0 Å². The number of benzene rings is 1. The van der Waals surface area contributed by atoms with E-state index in [0.717, 1.165) is 5.92 Å². The number of aliphatic hydroxyl groups is 1. The van der Waals surface area contributed by atoms with Crippen LogP contribution in [0.3, 0.4) is 0 Å². The largest absolute Gasteiger partial charge is 0.491 e. The lowest BCUT2D eigenvalue weighted by molar-refractivity contribution is 0.106. The second-order valence-electron chi connectivity index (χ2n) is 4.84. The van der Waals surface area contributed by atoms with Crippen molar-refractivity contribution in [2.75, 3.05) is 13.2 Å². The maximum atomic E-state index is 12.7. The zero-order chi connectivity index (χ0) is 13.0. The Morgan fingerprint density at radius 1 is 1.44 bits per heavy atom. The Morgan fingerprint density at radius 2 is 2.17 bits per heavy atom. The van der Waals surface area contributed by atoms with Gasteiger partial charge in [-0.05, 0) is 36.6 Å². The molecule has 18 heavy (non-hydrogen) atoms. The fourth-order valence-corrected chi connectivity index (χ4v) is 2.02. The molecule has 0 heterocycles. The zero-order valence-corrected chi connectivity index (χ0v) is 10.6. The van der Waals surface area contributed by atoms with Crippen molar-refractivity contribution in [1.29, 1.82) is 0 Å². The number of rotatable bonds is 7. The summed E-state index contributed by atoms with van der Waals surface area (Å²) in [6, 6.07) is 6.37. The predicted molar refractivity (Wildman–Crippen MR) is 68.1 cm³/mol. The Morgan fingerprint density at radius 3 is 2.78 bits per heavy atom. The monoisotopic (exact) mass is 253 g/mol. The summed E-state index contributed by atoms with van der Waals surface area (Å²) >= 11 is 0. The summed E-state index contributed by atoms with van der Waals surface area (Å²) in [5, 5.41) is 13.1. The number of halogens is 1. The molecule has 1 aromatic rings. The molecule has 100 valence electrons. The Labute approximate surface area is 107 Å². The van der Waals surface area contributed by atoms with Gasteiger partial charge in [-0.1, -0.05) is 13.3 Å². The van der Waals surface area contributed by atoms with Gasteiger partial charge in [-0.2, -0.15) is 0 Å². The molecule has 0 spiro atoms. The van der Waals surface area contributed by atoms with Gasteiger partial charge in [-0.25, -0.2) is 4.39 Å². The molecule has 0 aliphatic heterocycles. The molecule has 1 aromatic carbocycles. The van der Waals surface area contributed by atoms with Gasteiger partial charge < -0.3 is 15.2 Å². The van der Waals surface area contributed by atoms with Crippen molar-refractivity contribution in [3.8, 4) is 5.75 Å². The van der Waals surface area contributed by atoms with Crippen LogP contribution in [0.2, 0.25) is 0 Å². The van der Waals surface area contributed by atoms with Crippen molar-refractivity contribution in [3.05, 3.63) is 30.1 Å². The van der Waals surface area contributed by atoms with Crippen LogP contribution < -0.4 is 10.1 Å². The first-order valence-corrected chi connectivity index (χ1v) is 6.49. The van der Waals surface area contributed by atoms with Crippen LogP contribution in [0.25, 0.3) is 0 Å². The summed E-state index contributed by atoms with van der Waals surface area (Å²) in [6.07, 6.45) is 1.87. The van der Waals surface area contributed by atoms with Gasteiger partial charge in [-0.3, -0.25) is 0 Å². The molecule has 3 unspecified atom stereocenters. The molecule has 0 amide bonds. The maximum absolute atomic E-state index is 12.7. The topological polar surface area (TPSA) is 41.5 Å². The third-order valence-corrected chi connectivity index (χ3v) is 3.32. The van der Waals surface area contributed by atoms with Crippen LogP contribution in [0, 0.1) is 11.7 Å². The number of ether oxygens (including phenoxy) is 1. The van der Waals surface area contributed by atoms with E-state index in [1.807, 2.05) is 0 Å². The van der Waals surface area contributed by atoms with Crippen LogP contribution in [0.4, 0.5) is 4.39 Å². The molecule has 2 N–H and O–H groups in total. The average molecular weight is 253 g/mol. The summed E-state index contributed by atoms with van der Waals surface area (Å²) in [5.41, 5.74) is 0. The van der Waals surface area contributed by atoms with Crippen LogP contribution in [-0.4, -0.2) is 30.4 Å². The highest BCUT2D eigenvalue weighted by molar-refractivity contribution is 5.22. The van der Waals surface area contributed by atoms with Crippen LogP contribution in [0.1, 0.15) is 19.8 Å². The first-order valence-electron chi connectivity index (χ1n) is 6.49. The van der Waals surface area contributed by atoms with E-state index in [0.29, 0.717) is 18.3 Å². The lowest BCUT2D eigenvalue weighted by atomic mass is 10.3. The Kier molecular flexibility index (Phi) is 4.55. The Hall–Kier alpha value is -1.13. The van der Waals surface area contributed by atoms with Gasteiger partial charge in [-0.15, -0.1) is 0 Å². The van der Waals surface area contributed by atoms with Crippen molar-refractivity contribution in [2.45, 2.75) is 31.9 Å². The molecule has 4 heteroatoms. The van der Waals surface area contributed by atoms with Crippen molar-refractivity contribution in [2.24, 2.45) is 5.92 Å². The standard InChI is InChI=1S/C14H20FNO2/c1-2-10-7-14(10)16-8-12(17)9-18-13-5-3-11(15)4-6-13/h3-6,10,12,14,16-17H,2,7-9H2,1H3. The lowest BCUT2D eigenvalue weighted by Crippen LogP contribution is -2.33. The third-order valence-electron chi connectivity index (χ3n) is 3.32. The molecule has 2 rings (SSSR count). The summed E-state index contributed by atoms with van der Waals surface area (Å²) in [6.45, 7) is 2.95. The lowest BCUT2D eigenvalue weighted by Gasteiger charge is -2.13. The molecule has 0 saturated heterocycles. The SMILES string of the molecule is CCC1CC1NCC(O)COc1ccc(F)cc1. The van der Waals surface area contributed by atoms with Crippen molar-refractivity contribution in [1.82, 2.24) is 5.32 Å². The number of nitrogens with one attached hydrogen (secondary N) is 1. The minimum atomic E-state index is -0.534. The molecule has 3 atom stereocenters. The van der Waals surface area contributed by atoms with Crippen molar-refractivity contribution >= 4 is 0 Å². The molecule has 0 bridgehead atoms. The van der Waals surface area contributed by atoms with E-state index < -0.39 is 6.10 Å². The fraction of sp³-hybridized carbons (Fsp3) is 0.571.